The molecule has 1 aromatic carbocycles. The number of aromatic nitrogens is 3. The van der Waals surface area contributed by atoms with Crippen molar-refractivity contribution in [3.05, 3.63) is 56.1 Å². The van der Waals surface area contributed by atoms with Gasteiger partial charge in [-0.25, -0.2) is 0 Å². The van der Waals surface area contributed by atoms with Crippen LogP contribution >= 0.6 is 11.6 Å². The van der Waals surface area contributed by atoms with Crippen LogP contribution in [0, 0.1) is 0 Å². The van der Waals surface area contributed by atoms with Gasteiger partial charge in [-0.1, -0.05) is 23.7 Å². The van der Waals surface area contributed by atoms with Gasteiger partial charge in [0.2, 0.25) is 5.91 Å². The van der Waals surface area contributed by atoms with Crippen molar-refractivity contribution in [1.82, 2.24) is 24.1 Å². The lowest BCUT2D eigenvalue weighted by Crippen LogP contribution is -2.48. The molecule has 4 rings (SSSR count). The van der Waals surface area contributed by atoms with E-state index in [0.29, 0.717) is 40.3 Å². The maximum atomic E-state index is 12.9. The number of pyridine rings is 1. The summed E-state index contributed by atoms with van der Waals surface area (Å²) in [4.78, 5) is 42.5. The van der Waals surface area contributed by atoms with Gasteiger partial charge in [-0.2, -0.15) is 0 Å². The molecule has 1 fully saturated rings. The molecule has 1 aliphatic rings. The van der Waals surface area contributed by atoms with Gasteiger partial charge < -0.3 is 9.80 Å². The lowest BCUT2D eigenvalue weighted by Gasteiger charge is -2.32. The summed E-state index contributed by atoms with van der Waals surface area (Å²) in [5, 5.41) is 3.74. The van der Waals surface area contributed by atoms with Crippen LogP contribution in [-0.4, -0.2) is 63.3 Å². The maximum absolute atomic E-state index is 12.9. The van der Waals surface area contributed by atoms with E-state index < -0.39 is 0 Å². The highest BCUT2D eigenvalue weighted by Gasteiger charge is 2.23. The number of H-pyrrole nitrogens is 1. The summed E-state index contributed by atoms with van der Waals surface area (Å²) in [6.45, 7) is 2.68. The second-order valence-corrected chi connectivity index (χ2v) is 7.81. The molecule has 0 saturated carbocycles. The molecule has 0 unspecified atom stereocenters. The number of amides is 1. The van der Waals surface area contributed by atoms with E-state index in [2.05, 4.69) is 10.00 Å². The molecule has 9 heteroatoms. The van der Waals surface area contributed by atoms with Crippen molar-refractivity contribution in [1.29, 1.82) is 0 Å². The van der Waals surface area contributed by atoms with Crippen molar-refractivity contribution in [2.75, 3.05) is 33.2 Å². The minimum absolute atomic E-state index is 0.130. The Hall–Kier alpha value is -2.84. The zero-order chi connectivity index (χ0) is 20.7. The first kappa shape index (κ1) is 19.5. The van der Waals surface area contributed by atoms with Gasteiger partial charge in [-0.3, -0.25) is 28.7 Å². The minimum atomic E-state index is -0.350. The number of piperazine rings is 1. The molecule has 1 N–H and O–H groups in total. The summed E-state index contributed by atoms with van der Waals surface area (Å²) < 4.78 is 2.70. The molecular weight excluding hydrogens is 394 g/mol. The number of halogens is 1. The van der Waals surface area contributed by atoms with Gasteiger partial charge in [0.05, 0.1) is 16.6 Å². The highest BCUT2D eigenvalue weighted by Crippen LogP contribution is 2.27. The molecule has 3 heterocycles. The monoisotopic (exact) mass is 415 g/mol. The summed E-state index contributed by atoms with van der Waals surface area (Å²) in [7, 11) is 3.60. The number of nitrogens with one attached hydrogen (secondary N) is 1. The number of carbonyl (C=O) groups is 1. The minimum Gasteiger partial charge on any atom is -0.339 e. The van der Waals surface area contributed by atoms with Gasteiger partial charge in [-0.15, -0.1) is 0 Å². The van der Waals surface area contributed by atoms with Crippen LogP contribution in [0.4, 0.5) is 0 Å². The van der Waals surface area contributed by atoms with E-state index in [9.17, 15) is 14.4 Å². The predicted octanol–water partition coefficient (Wildman–Crippen LogP) is 1.12. The molecule has 1 aliphatic heterocycles. The average molecular weight is 416 g/mol. The van der Waals surface area contributed by atoms with Crippen LogP contribution in [0.3, 0.4) is 0 Å². The third kappa shape index (κ3) is 3.61. The SMILES string of the molecule is CN1CCN(C(=O)Cn2c(-c3cccc(Cl)c3)c3c(=O)n(C)[nH]c3cc2=O)CC1. The summed E-state index contributed by atoms with van der Waals surface area (Å²) >= 11 is 6.17. The number of likely N-dealkylation sites (N-methyl/N-ethyl adjacent to an activating group) is 1. The van der Waals surface area contributed by atoms with Crippen LogP contribution in [0.15, 0.2) is 39.9 Å². The highest BCUT2D eigenvalue weighted by atomic mass is 35.5. The summed E-state index contributed by atoms with van der Waals surface area (Å²) in [5.74, 6) is -0.143. The van der Waals surface area contributed by atoms with Crippen molar-refractivity contribution in [3.8, 4) is 11.3 Å². The third-order valence-corrected chi connectivity index (χ3v) is 5.60. The van der Waals surface area contributed by atoms with Crippen LogP contribution in [-0.2, 0) is 18.4 Å². The maximum Gasteiger partial charge on any atom is 0.276 e. The number of aryl methyl sites for hydroxylation is 1. The number of rotatable bonds is 3. The second kappa shape index (κ2) is 7.53. The van der Waals surface area contributed by atoms with Crippen molar-refractivity contribution in [3.63, 3.8) is 0 Å². The van der Waals surface area contributed by atoms with Gasteiger partial charge in [0.1, 0.15) is 6.54 Å². The van der Waals surface area contributed by atoms with E-state index in [1.165, 1.54) is 15.3 Å². The second-order valence-electron chi connectivity index (χ2n) is 7.38. The lowest BCUT2D eigenvalue weighted by molar-refractivity contribution is -0.133. The van der Waals surface area contributed by atoms with Gasteiger partial charge in [0.25, 0.3) is 11.1 Å². The Labute approximate surface area is 171 Å². The van der Waals surface area contributed by atoms with Gasteiger partial charge in [0, 0.05) is 49.9 Å². The molecule has 1 amide bonds. The van der Waals surface area contributed by atoms with Crippen LogP contribution in [0.2, 0.25) is 5.02 Å². The molecule has 0 aliphatic carbocycles. The van der Waals surface area contributed by atoms with Crippen molar-refractivity contribution < 1.29 is 4.79 Å². The fourth-order valence-electron chi connectivity index (χ4n) is 3.73. The van der Waals surface area contributed by atoms with Crippen molar-refractivity contribution >= 4 is 28.4 Å². The van der Waals surface area contributed by atoms with Crippen LogP contribution in [0.1, 0.15) is 0 Å². The normalized spacial score (nSPS) is 15.2. The number of aromatic amines is 1. The first-order valence-corrected chi connectivity index (χ1v) is 9.78. The first-order valence-electron chi connectivity index (χ1n) is 9.40. The van der Waals surface area contributed by atoms with E-state index in [1.807, 2.05) is 7.05 Å². The largest absolute Gasteiger partial charge is 0.339 e. The molecule has 3 aromatic rings. The number of hydrogen-bond donors (Lipinski definition) is 1. The standard InChI is InChI=1S/C20H22ClN5O3/c1-23-6-8-25(9-7-23)17(28)12-26-16(27)11-15-18(20(29)24(2)22-15)19(26)13-4-3-5-14(21)10-13/h3-5,10-11,22H,6-9,12H2,1-2H3. The van der Waals surface area contributed by atoms with Crippen LogP contribution in [0.5, 0.6) is 0 Å². The zero-order valence-electron chi connectivity index (χ0n) is 16.3. The Balaban J connectivity index is 1.87. The van der Waals surface area contributed by atoms with E-state index in [0.717, 1.165) is 13.1 Å². The molecule has 0 atom stereocenters. The molecule has 1 saturated heterocycles. The molecule has 152 valence electrons. The van der Waals surface area contributed by atoms with E-state index in [-0.39, 0.29) is 23.6 Å². The fourth-order valence-corrected chi connectivity index (χ4v) is 3.92. The smallest absolute Gasteiger partial charge is 0.276 e. The number of benzene rings is 1. The van der Waals surface area contributed by atoms with Crippen LogP contribution < -0.4 is 11.1 Å². The van der Waals surface area contributed by atoms with Crippen molar-refractivity contribution in [2.24, 2.45) is 7.05 Å². The summed E-state index contributed by atoms with van der Waals surface area (Å²) in [6, 6.07) is 8.31. The number of carbonyl (C=O) groups excluding carboxylic acids is 1. The Morgan fingerprint density at radius 1 is 1.10 bits per heavy atom. The zero-order valence-corrected chi connectivity index (χ0v) is 17.1. The summed E-state index contributed by atoms with van der Waals surface area (Å²) in [6.07, 6.45) is 0. The third-order valence-electron chi connectivity index (χ3n) is 5.36. The number of hydrogen-bond acceptors (Lipinski definition) is 4. The fraction of sp³-hybridized carbons (Fsp3) is 0.350. The lowest BCUT2D eigenvalue weighted by atomic mass is 10.1. The summed E-state index contributed by atoms with van der Waals surface area (Å²) in [5.41, 5.74) is 0.829. The molecule has 0 radical (unpaired) electrons. The molecule has 8 nitrogen and oxygen atoms in total. The van der Waals surface area contributed by atoms with E-state index in [4.69, 9.17) is 11.6 Å². The Morgan fingerprint density at radius 2 is 1.83 bits per heavy atom. The Bertz CT molecular complexity index is 1200. The quantitative estimate of drug-likeness (QED) is 0.695. The van der Waals surface area contributed by atoms with Gasteiger partial charge in [-0.05, 0) is 19.2 Å². The van der Waals surface area contributed by atoms with Gasteiger partial charge in [0.15, 0.2) is 0 Å². The molecule has 2 aromatic heterocycles. The Kier molecular flexibility index (Phi) is 5.06. The van der Waals surface area contributed by atoms with Crippen molar-refractivity contribution in [2.45, 2.75) is 6.54 Å². The number of nitrogens with zero attached hydrogens (tertiary/aromatic N) is 4. The molecule has 0 bridgehead atoms. The number of fused-ring (bicyclic) bond motifs is 1. The topological polar surface area (TPSA) is 83.3 Å². The van der Waals surface area contributed by atoms with Gasteiger partial charge >= 0.3 is 0 Å². The molecule has 29 heavy (non-hydrogen) atoms. The van der Waals surface area contributed by atoms with Crippen LogP contribution in [0.25, 0.3) is 22.2 Å². The van der Waals surface area contributed by atoms with E-state index >= 15 is 0 Å². The average Bonchev–Trinajstić information content (AvgIpc) is 2.96. The molecular formula is C20H22ClN5O3. The van der Waals surface area contributed by atoms with E-state index in [1.54, 1.807) is 36.2 Å². The Morgan fingerprint density at radius 3 is 2.52 bits per heavy atom. The molecule has 0 spiro atoms. The first-order chi connectivity index (χ1) is 13.8. The predicted molar refractivity (Wildman–Crippen MR) is 112 cm³/mol. The highest BCUT2D eigenvalue weighted by molar-refractivity contribution is 6.30.